The number of hydrogen-bond acceptors (Lipinski definition) is 3. The number of rotatable bonds is 5. The van der Waals surface area contributed by atoms with Crippen LogP contribution in [0.25, 0.3) is 6.08 Å². The molecule has 1 aromatic rings. The molecular weight excluding hydrogens is 274 g/mol. The molecule has 1 aromatic carbocycles. The van der Waals surface area contributed by atoms with Crippen molar-refractivity contribution >= 4 is 29.7 Å². The van der Waals surface area contributed by atoms with Crippen molar-refractivity contribution in [2.75, 3.05) is 5.32 Å². The summed E-state index contributed by atoms with van der Waals surface area (Å²) in [6.07, 6.45) is 2.45. The Kier molecular flexibility index (Phi) is 5.06. The molecule has 7 heteroatoms. The zero-order valence-electron chi connectivity index (χ0n) is 11.7. The highest BCUT2D eigenvalue weighted by Crippen LogP contribution is 2.11. The molecule has 7 nitrogen and oxygen atoms in total. The van der Waals surface area contributed by atoms with Gasteiger partial charge in [-0.05, 0) is 37.6 Å². The van der Waals surface area contributed by atoms with Crippen LogP contribution in [0.3, 0.4) is 0 Å². The predicted octanol–water partition coefficient (Wildman–Crippen LogP) is 1.17. The molecule has 0 unspecified atom stereocenters. The number of benzene rings is 1. The van der Waals surface area contributed by atoms with Crippen LogP contribution in [0.5, 0.6) is 0 Å². The summed E-state index contributed by atoms with van der Waals surface area (Å²) < 4.78 is 0. The molecule has 0 atom stereocenters. The van der Waals surface area contributed by atoms with E-state index in [2.05, 4.69) is 10.6 Å². The summed E-state index contributed by atoms with van der Waals surface area (Å²) in [6.45, 7) is 2.99. The summed E-state index contributed by atoms with van der Waals surface area (Å²) >= 11 is 0. The minimum absolute atomic E-state index is 0.500. The fourth-order valence-corrected chi connectivity index (χ4v) is 1.35. The van der Waals surface area contributed by atoms with E-state index in [0.717, 1.165) is 6.08 Å². The Bertz CT molecular complexity index is 576. The molecule has 0 bridgehead atoms. The van der Waals surface area contributed by atoms with Crippen molar-refractivity contribution in [1.82, 2.24) is 5.32 Å². The second kappa shape index (κ2) is 6.56. The molecule has 0 radical (unpaired) electrons. The van der Waals surface area contributed by atoms with Crippen LogP contribution in [0.15, 0.2) is 30.3 Å². The largest absolute Gasteiger partial charge is 0.478 e. The van der Waals surface area contributed by atoms with Gasteiger partial charge in [-0.2, -0.15) is 0 Å². The van der Waals surface area contributed by atoms with Gasteiger partial charge in [0.2, 0.25) is 5.91 Å². The van der Waals surface area contributed by atoms with E-state index in [1.54, 1.807) is 24.3 Å². The van der Waals surface area contributed by atoms with E-state index in [0.29, 0.717) is 11.3 Å². The molecule has 5 N–H and O–H groups in total. The number of carbonyl (C=O) groups is 3. The molecule has 21 heavy (non-hydrogen) atoms. The second-order valence-corrected chi connectivity index (χ2v) is 4.86. The summed E-state index contributed by atoms with van der Waals surface area (Å²) in [4.78, 5) is 33.2. The topological polar surface area (TPSA) is 122 Å². The number of nitrogens with one attached hydrogen (secondary N) is 2. The molecule has 0 aromatic heterocycles. The molecule has 0 fully saturated rings. The van der Waals surface area contributed by atoms with Crippen LogP contribution in [0.4, 0.5) is 10.5 Å². The van der Waals surface area contributed by atoms with Crippen molar-refractivity contribution in [3.05, 3.63) is 35.9 Å². The van der Waals surface area contributed by atoms with E-state index in [1.807, 2.05) is 0 Å². The average Bonchev–Trinajstić information content (AvgIpc) is 2.36. The zero-order chi connectivity index (χ0) is 16.0. The number of carboxylic acids is 1. The summed E-state index contributed by atoms with van der Waals surface area (Å²) in [5, 5.41) is 13.5. The number of carboxylic acid groups (broad SMARTS) is 1. The van der Waals surface area contributed by atoms with Gasteiger partial charge in [-0.3, -0.25) is 4.79 Å². The Morgan fingerprint density at radius 3 is 2.24 bits per heavy atom. The van der Waals surface area contributed by atoms with Crippen LogP contribution >= 0.6 is 0 Å². The van der Waals surface area contributed by atoms with Crippen molar-refractivity contribution in [3.63, 3.8) is 0 Å². The summed E-state index contributed by atoms with van der Waals surface area (Å²) in [7, 11) is 0. The van der Waals surface area contributed by atoms with Gasteiger partial charge in [-0.15, -0.1) is 0 Å². The number of primary amides is 1. The van der Waals surface area contributed by atoms with Crippen LogP contribution in [-0.2, 0) is 9.59 Å². The molecule has 0 spiro atoms. The maximum Gasteiger partial charge on any atom is 0.328 e. The SMILES string of the molecule is CC(C)(NC(=O)Nc1ccc(C=CC(=O)O)cc1)C(N)=O. The van der Waals surface area contributed by atoms with Crippen molar-refractivity contribution < 1.29 is 19.5 Å². The highest BCUT2D eigenvalue weighted by atomic mass is 16.4. The molecule has 3 amide bonds. The van der Waals surface area contributed by atoms with Gasteiger partial charge in [-0.1, -0.05) is 12.1 Å². The van der Waals surface area contributed by atoms with E-state index in [1.165, 1.54) is 19.9 Å². The van der Waals surface area contributed by atoms with Crippen LogP contribution in [0.1, 0.15) is 19.4 Å². The van der Waals surface area contributed by atoms with Gasteiger partial charge in [0.15, 0.2) is 0 Å². The summed E-state index contributed by atoms with van der Waals surface area (Å²) in [5.74, 6) is -1.68. The molecule has 1 rings (SSSR count). The van der Waals surface area contributed by atoms with Gasteiger partial charge >= 0.3 is 12.0 Å². The number of amides is 3. The van der Waals surface area contributed by atoms with Gasteiger partial charge in [0, 0.05) is 11.8 Å². The van der Waals surface area contributed by atoms with E-state index in [4.69, 9.17) is 10.8 Å². The second-order valence-electron chi connectivity index (χ2n) is 4.86. The Hall–Kier alpha value is -2.83. The minimum Gasteiger partial charge on any atom is -0.478 e. The first-order valence-electron chi connectivity index (χ1n) is 6.11. The molecule has 0 aliphatic rings. The van der Waals surface area contributed by atoms with Crippen LogP contribution in [0, 0.1) is 0 Å². The molecule has 0 aliphatic heterocycles. The first-order valence-corrected chi connectivity index (χ1v) is 6.11. The Morgan fingerprint density at radius 2 is 1.76 bits per heavy atom. The minimum atomic E-state index is -1.16. The fourth-order valence-electron chi connectivity index (χ4n) is 1.35. The Balaban J connectivity index is 2.66. The zero-order valence-corrected chi connectivity index (χ0v) is 11.7. The first kappa shape index (κ1) is 16.2. The van der Waals surface area contributed by atoms with E-state index in [9.17, 15) is 14.4 Å². The fraction of sp³-hybridized carbons (Fsp3) is 0.214. The lowest BCUT2D eigenvalue weighted by molar-refractivity contribution is -0.131. The van der Waals surface area contributed by atoms with E-state index in [-0.39, 0.29) is 0 Å². The van der Waals surface area contributed by atoms with Gasteiger partial charge in [0.05, 0.1) is 0 Å². The maximum atomic E-state index is 11.7. The number of aliphatic carboxylic acids is 1. The number of anilines is 1. The Morgan fingerprint density at radius 1 is 1.19 bits per heavy atom. The van der Waals surface area contributed by atoms with E-state index >= 15 is 0 Å². The lowest BCUT2D eigenvalue weighted by atomic mass is 10.1. The third-order valence-electron chi connectivity index (χ3n) is 2.63. The van der Waals surface area contributed by atoms with Crippen molar-refractivity contribution in [1.29, 1.82) is 0 Å². The van der Waals surface area contributed by atoms with Gasteiger partial charge in [0.25, 0.3) is 0 Å². The summed E-state index contributed by atoms with van der Waals surface area (Å²) in [6, 6.07) is 5.95. The number of carbonyl (C=O) groups excluding carboxylic acids is 2. The first-order chi connectivity index (χ1) is 9.70. The maximum absolute atomic E-state index is 11.7. The van der Waals surface area contributed by atoms with Gasteiger partial charge in [0.1, 0.15) is 5.54 Å². The third-order valence-corrected chi connectivity index (χ3v) is 2.63. The number of urea groups is 1. The standard InChI is InChI=1S/C14H17N3O4/c1-14(2,12(15)20)17-13(21)16-10-6-3-9(4-7-10)5-8-11(18)19/h3-8H,1-2H3,(H2,15,20)(H,18,19)(H2,16,17,21). The molecule has 112 valence electrons. The molecule has 0 heterocycles. The summed E-state index contributed by atoms with van der Waals surface area (Å²) in [5.41, 5.74) is 5.18. The average molecular weight is 291 g/mol. The van der Waals surface area contributed by atoms with Crippen molar-refractivity contribution in [2.24, 2.45) is 5.73 Å². The smallest absolute Gasteiger partial charge is 0.328 e. The predicted molar refractivity (Wildman–Crippen MR) is 78.5 cm³/mol. The van der Waals surface area contributed by atoms with Crippen molar-refractivity contribution in [3.8, 4) is 0 Å². The molecule has 0 aliphatic carbocycles. The Labute approximate surface area is 121 Å². The normalized spacial score (nSPS) is 11.1. The van der Waals surface area contributed by atoms with Crippen LogP contribution in [-0.4, -0.2) is 28.6 Å². The lowest BCUT2D eigenvalue weighted by Crippen LogP contribution is -2.54. The molecule has 0 saturated heterocycles. The quantitative estimate of drug-likeness (QED) is 0.608. The molecular formula is C14H17N3O4. The van der Waals surface area contributed by atoms with Gasteiger partial charge < -0.3 is 21.5 Å². The third kappa shape index (κ3) is 5.35. The molecule has 0 saturated carbocycles. The monoisotopic (exact) mass is 291 g/mol. The highest BCUT2D eigenvalue weighted by molar-refractivity contribution is 5.95. The highest BCUT2D eigenvalue weighted by Gasteiger charge is 2.26. The van der Waals surface area contributed by atoms with E-state index < -0.39 is 23.4 Å². The number of hydrogen-bond donors (Lipinski definition) is 4. The van der Waals surface area contributed by atoms with Crippen LogP contribution < -0.4 is 16.4 Å². The van der Waals surface area contributed by atoms with Crippen molar-refractivity contribution in [2.45, 2.75) is 19.4 Å². The van der Waals surface area contributed by atoms with Gasteiger partial charge in [-0.25, -0.2) is 9.59 Å². The number of nitrogens with two attached hydrogens (primary N) is 1. The van der Waals surface area contributed by atoms with Crippen LogP contribution in [0.2, 0.25) is 0 Å². The lowest BCUT2D eigenvalue weighted by Gasteiger charge is -2.22.